The van der Waals surface area contributed by atoms with Crippen molar-refractivity contribution in [3.63, 3.8) is 0 Å². The van der Waals surface area contributed by atoms with Gasteiger partial charge in [0.25, 0.3) is 5.91 Å². The third kappa shape index (κ3) is 2.90. The molecule has 1 amide bonds. The standard InChI is InChI=1S/C15H17FN2O2/c1-20-13-6-5-11(16)9-12(13)14(19)18-15(10-17)7-3-2-4-8-15/h5-6,9H,2-4,7-8H2,1H3,(H,18,19). The van der Waals surface area contributed by atoms with Crippen LogP contribution in [-0.4, -0.2) is 18.6 Å². The highest BCUT2D eigenvalue weighted by Gasteiger charge is 2.34. The van der Waals surface area contributed by atoms with Gasteiger partial charge in [0, 0.05) is 0 Å². The summed E-state index contributed by atoms with van der Waals surface area (Å²) >= 11 is 0. The van der Waals surface area contributed by atoms with Crippen LogP contribution in [0.5, 0.6) is 5.75 Å². The second-order valence-electron chi connectivity index (χ2n) is 5.05. The molecule has 20 heavy (non-hydrogen) atoms. The number of nitriles is 1. The quantitative estimate of drug-likeness (QED) is 0.923. The van der Waals surface area contributed by atoms with Crippen LogP contribution in [0.15, 0.2) is 18.2 Å². The first-order chi connectivity index (χ1) is 9.60. The summed E-state index contributed by atoms with van der Waals surface area (Å²) in [7, 11) is 1.42. The number of methoxy groups -OCH3 is 1. The molecule has 0 atom stereocenters. The van der Waals surface area contributed by atoms with Crippen LogP contribution in [0.25, 0.3) is 0 Å². The summed E-state index contributed by atoms with van der Waals surface area (Å²) in [5, 5.41) is 12.1. The Labute approximate surface area is 117 Å². The molecule has 0 unspecified atom stereocenters. The van der Waals surface area contributed by atoms with Crippen molar-refractivity contribution in [1.29, 1.82) is 5.26 Å². The molecule has 1 N–H and O–H groups in total. The molecule has 0 aliphatic heterocycles. The number of hydrogen-bond donors (Lipinski definition) is 1. The van der Waals surface area contributed by atoms with E-state index < -0.39 is 17.3 Å². The van der Waals surface area contributed by atoms with Gasteiger partial charge in [-0.2, -0.15) is 5.26 Å². The first-order valence-electron chi connectivity index (χ1n) is 6.67. The van der Waals surface area contributed by atoms with Crippen LogP contribution in [0.3, 0.4) is 0 Å². The Morgan fingerprint density at radius 3 is 2.70 bits per heavy atom. The number of halogens is 1. The van der Waals surface area contributed by atoms with Gasteiger partial charge in [0.15, 0.2) is 0 Å². The largest absolute Gasteiger partial charge is 0.496 e. The van der Waals surface area contributed by atoms with Gasteiger partial charge in [-0.15, -0.1) is 0 Å². The monoisotopic (exact) mass is 276 g/mol. The lowest BCUT2D eigenvalue weighted by Crippen LogP contribution is -2.48. The van der Waals surface area contributed by atoms with Crippen molar-refractivity contribution in [1.82, 2.24) is 5.32 Å². The lowest BCUT2D eigenvalue weighted by molar-refractivity contribution is 0.0899. The molecule has 0 bridgehead atoms. The first kappa shape index (κ1) is 14.3. The van der Waals surface area contributed by atoms with Crippen LogP contribution < -0.4 is 10.1 Å². The maximum Gasteiger partial charge on any atom is 0.256 e. The molecule has 0 heterocycles. The number of ether oxygens (including phenoxy) is 1. The predicted octanol–water partition coefficient (Wildman–Crippen LogP) is 2.79. The molecule has 5 heteroatoms. The van der Waals surface area contributed by atoms with E-state index in [-0.39, 0.29) is 5.56 Å². The molecular weight excluding hydrogens is 259 g/mol. The number of benzene rings is 1. The van der Waals surface area contributed by atoms with Crippen LogP contribution >= 0.6 is 0 Å². The van der Waals surface area contributed by atoms with Crippen molar-refractivity contribution < 1.29 is 13.9 Å². The summed E-state index contributed by atoms with van der Waals surface area (Å²) in [6, 6.07) is 5.97. The van der Waals surface area contributed by atoms with E-state index in [1.54, 1.807) is 0 Å². The Bertz CT molecular complexity index is 545. The molecule has 1 saturated carbocycles. The molecule has 1 aliphatic rings. The van der Waals surface area contributed by atoms with E-state index in [4.69, 9.17) is 4.74 Å². The average molecular weight is 276 g/mol. The summed E-state index contributed by atoms with van der Waals surface area (Å²) in [5.74, 6) is -0.678. The molecule has 1 aliphatic carbocycles. The smallest absolute Gasteiger partial charge is 0.256 e. The van der Waals surface area contributed by atoms with Gasteiger partial charge in [-0.3, -0.25) is 4.79 Å². The van der Waals surface area contributed by atoms with Gasteiger partial charge in [0.05, 0.1) is 18.7 Å². The van der Waals surface area contributed by atoms with Crippen molar-refractivity contribution in [2.24, 2.45) is 0 Å². The fourth-order valence-corrected chi connectivity index (χ4v) is 2.56. The number of carbonyl (C=O) groups excluding carboxylic acids is 1. The fraction of sp³-hybridized carbons (Fsp3) is 0.467. The molecule has 1 fully saturated rings. The van der Waals surface area contributed by atoms with E-state index >= 15 is 0 Å². The second kappa shape index (κ2) is 5.91. The van der Waals surface area contributed by atoms with Crippen LogP contribution in [0.2, 0.25) is 0 Å². The van der Waals surface area contributed by atoms with E-state index in [0.717, 1.165) is 25.3 Å². The molecule has 0 aromatic heterocycles. The van der Waals surface area contributed by atoms with Crippen LogP contribution in [-0.2, 0) is 0 Å². The lowest BCUT2D eigenvalue weighted by Gasteiger charge is -2.31. The third-order valence-corrected chi connectivity index (χ3v) is 3.68. The topological polar surface area (TPSA) is 62.1 Å². The third-order valence-electron chi connectivity index (χ3n) is 3.68. The zero-order valence-electron chi connectivity index (χ0n) is 11.4. The minimum Gasteiger partial charge on any atom is -0.496 e. The van der Waals surface area contributed by atoms with Crippen molar-refractivity contribution in [3.05, 3.63) is 29.6 Å². The maximum atomic E-state index is 13.3. The van der Waals surface area contributed by atoms with Gasteiger partial charge >= 0.3 is 0 Å². The van der Waals surface area contributed by atoms with E-state index in [0.29, 0.717) is 18.6 Å². The zero-order valence-corrected chi connectivity index (χ0v) is 11.4. The van der Waals surface area contributed by atoms with Gasteiger partial charge in [-0.05, 0) is 31.0 Å². The summed E-state index contributed by atoms with van der Waals surface area (Å²) in [4.78, 5) is 12.3. The molecule has 2 rings (SSSR count). The van der Waals surface area contributed by atoms with Crippen molar-refractivity contribution >= 4 is 5.91 Å². The molecule has 1 aromatic rings. The number of rotatable bonds is 3. The number of amides is 1. The number of hydrogen-bond acceptors (Lipinski definition) is 3. The Balaban J connectivity index is 2.23. The second-order valence-corrected chi connectivity index (χ2v) is 5.05. The summed E-state index contributed by atoms with van der Waals surface area (Å²) in [6.45, 7) is 0. The maximum absolute atomic E-state index is 13.3. The lowest BCUT2D eigenvalue weighted by atomic mass is 9.82. The van der Waals surface area contributed by atoms with Crippen molar-refractivity contribution in [3.8, 4) is 11.8 Å². The molecule has 0 spiro atoms. The SMILES string of the molecule is COc1ccc(F)cc1C(=O)NC1(C#N)CCCCC1. The number of nitrogens with zero attached hydrogens (tertiary/aromatic N) is 1. The molecular formula is C15H17FN2O2. The highest BCUT2D eigenvalue weighted by Crippen LogP contribution is 2.29. The Morgan fingerprint density at radius 1 is 1.40 bits per heavy atom. The molecule has 1 aromatic carbocycles. The van der Waals surface area contributed by atoms with E-state index in [1.807, 2.05) is 0 Å². The molecule has 106 valence electrons. The molecule has 4 nitrogen and oxygen atoms in total. The normalized spacial score (nSPS) is 17.1. The Morgan fingerprint density at radius 2 is 2.10 bits per heavy atom. The zero-order chi connectivity index (χ0) is 14.6. The van der Waals surface area contributed by atoms with Crippen LogP contribution in [0, 0.1) is 17.1 Å². The summed E-state index contributed by atoms with van der Waals surface area (Å²) in [6.07, 6.45) is 4.16. The van der Waals surface area contributed by atoms with Crippen molar-refractivity contribution in [2.75, 3.05) is 7.11 Å². The Kier molecular flexibility index (Phi) is 4.23. The van der Waals surface area contributed by atoms with Crippen LogP contribution in [0.4, 0.5) is 4.39 Å². The average Bonchev–Trinajstić information content (AvgIpc) is 2.48. The van der Waals surface area contributed by atoms with Crippen molar-refractivity contribution in [2.45, 2.75) is 37.6 Å². The van der Waals surface area contributed by atoms with Crippen LogP contribution in [0.1, 0.15) is 42.5 Å². The highest BCUT2D eigenvalue weighted by atomic mass is 19.1. The van der Waals surface area contributed by atoms with Gasteiger partial charge in [0.1, 0.15) is 17.1 Å². The highest BCUT2D eigenvalue weighted by molar-refractivity contribution is 5.97. The first-order valence-corrected chi connectivity index (χ1v) is 6.67. The Hall–Kier alpha value is -2.09. The van der Waals surface area contributed by atoms with E-state index in [2.05, 4.69) is 11.4 Å². The minimum atomic E-state index is -0.841. The van der Waals surface area contributed by atoms with Gasteiger partial charge in [-0.1, -0.05) is 19.3 Å². The van der Waals surface area contributed by atoms with Gasteiger partial charge in [0.2, 0.25) is 0 Å². The summed E-state index contributed by atoms with van der Waals surface area (Å²) in [5.41, 5.74) is -0.722. The molecule has 0 saturated heterocycles. The fourth-order valence-electron chi connectivity index (χ4n) is 2.56. The van der Waals surface area contributed by atoms with Gasteiger partial charge in [-0.25, -0.2) is 4.39 Å². The molecule has 0 radical (unpaired) electrons. The number of carbonyl (C=O) groups is 1. The van der Waals surface area contributed by atoms with E-state index in [9.17, 15) is 14.4 Å². The minimum absolute atomic E-state index is 0.118. The van der Waals surface area contributed by atoms with E-state index in [1.165, 1.54) is 19.2 Å². The van der Waals surface area contributed by atoms with Gasteiger partial charge < -0.3 is 10.1 Å². The number of nitrogens with one attached hydrogen (secondary N) is 1. The predicted molar refractivity (Wildman–Crippen MR) is 71.8 cm³/mol. The summed E-state index contributed by atoms with van der Waals surface area (Å²) < 4.78 is 18.4.